The Morgan fingerprint density at radius 3 is 2.70 bits per heavy atom. The molecule has 1 amide bonds. The standard InChI is InChI=1S/C19H21N3O3.2ClH/c23-19(14-3-2-8-20-12-14)22-18-5-1-4-15(21-18)13-6-7-16-17(11-13)25-10-9-24-16;;/h1,4-7,11,14,20H,2-3,8-10,12H2,(H,21,22,23);2*1H. The highest BCUT2D eigenvalue weighted by atomic mass is 35.5. The minimum Gasteiger partial charge on any atom is -0.486 e. The van der Waals surface area contributed by atoms with Crippen LogP contribution in [-0.4, -0.2) is 37.2 Å². The van der Waals surface area contributed by atoms with Crippen LogP contribution in [0.4, 0.5) is 5.82 Å². The van der Waals surface area contributed by atoms with Gasteiger partial charge < -0.3 is 20.1 Å². The lowest BCUT2D eigenvalue weighted by molar-refractivity contribution is -0.120. The molecule has 1 fully saturated rings. The maximum Gasteiger partial charge on any atom is 0.229 e. The summed E-state index contributed by atoms with van der Waals surface area (Å²) in [6, 6.07) is 11.4. The smallest absolute Gasteiger partial charge is 0.229 e. The average molecular weight is 412 g/mol. The van der Waals surface area contributed by atoms with Crippen molar-refractivity contribution in [2.45, 2.75) is 12.8 Å². The van der Waals surface area contributed by atoms with Gasteiger partial charge in [0.25, 0.3) is 0 Å². The molecule has 146 valence electrons. The molecule has 27 heavy (non-hydrogen) atoms. The number of halogens is 2. The summed E-state index contributed by atoms with van der Waals surface area (Å²) in [4.78, 5) is 17.0. The number of carbonyl (C=O) groups excluding carboxylic acids is 1. The first-order valence-corrected chi connectivity index (χ1v) is 8.68. The molecular weight excluding hydrogens is 389 g/mol. The molecular formula is C19H23Cl2N3O3. The van der Waals surface area contributed by atoms with Gasteiger partial charge in [0.1, 0.15) is 19.0 Å². The van der Waals surface area contributed by atoms with Gasteiger partial charge in [-0.3, -0.25) is 4.79 Å². The van der Waals surface area contributed by atoms with E-state index in [2.05, 4.69) is 15.6 Å². The van der Waals surface area contributed by atoms with Crippen LogP contribution in [0.1, 0.15) is 12.8 Å². The van der Waals surface area contributed by atoms with E-state index in [1.54, 1.807) is 0 Å². The van der Waals surface area contributed by atoms with Gasteiger partial charge in [0.15, 0.2) is 11.5 Å². The molecule has 6 nitrogen and oxygen atoms in total. The van der Waals surface area contributed by atoms with E-state index in [1.165, 1.54) is 0 Å². The van der Waals surface area contributed by atoms with Crippen LogP contribution in [0.15, 0.2) is 36.4 Å². The number of rotatable bonds is 3. The predicted molar refractivity (Wildman–Crippen MR) is 109 cm³/mol. The van der Waals surface area contributed by atoms with Gasteiger partial charge in [-0.05, 0) is 49.7 Å². The zero-order valence-corrected chi connectivity index (χ0v) is 16.4. The van der Waals surface area contributed by atoms with Gasteiger partial charge in [0, 0.05) is 12.1 Å². The number of hydrogen-bond acceptors (Lipinski definition) is 5. The number of anilines is 1. The first kappa shape index (κ1) is 21.3. The fourth-order valence-electron chi connectivity index (χ4n) is 3.17. The lowest BCUT2D eigenvalue weighted by Crippen LogP contribution is -2.37. The Labute approximate surface area is 170 Å². The number of carbonyl (C=O) groups is 1. The van der Waals surface area contributed by atoms with Crippen molar-refractivity contribution in [1.82, 2.24) is 10.3 Å². The Balaban J connectivity index is 0.00000131. The van der Waals surface area contributed by atoms with Crippen molar-refractivity contribution in [1.29, 1.82) is 0 Å². The fraction of sp³-hybridized carbons (Fsp3) is 0.368. The summed E-state index contributed by atoms with van der Waals surface area (Å²) >= 11 is 0. The van der Waals surface area contributed by atoms with Crippen LogP contribution in [-0.2, 0) is 4.79 Å². The molecule has 1 atom stereocenters. The number of hydrogen-bond donors (Lipinski definition) is 2. The summed E-state index contributed by atoms with van der Waals surface area (Å²) in [7, 11) is 0. The van der Waals surface area contributed by atoms with Crippen LogP contribution in [0, 0.1) is 5.92 Å². The lowest BCUT2D eigenvalue weighted by Gasteiger charge is -2.21. The van der Waals surface area contributed by atoms with Crippen LogP contribution in [0.5, 0.6) is 11.5 Å². The van der Waals surface area contributed by atoms with Gasteiger partial charge in [0.2, 0.25) is 5.91 Å². The molecule has 1 saturated heterocycles. The molecule has 0 radical (unpaired) electrons. The van der Waals surface area contributed by atoms with Crippen molar-refractivity contribution in [2.75, 3.05) is 31.6 Å². The molecule has 2 aliphatic rings. The van der Waals surface area contributed by atoms with Gasteiger partial charge in [0.05, 0.1) is 11.6 Å². The normalized spacial score (nSPS) is 17.9. The zero-order chi connectivity index (χ0) is 17.1. The van der Waals surface area contributed by atoms with Gasteiger partial charge >= 0.3 is 0 Å². The third-order valence-electron chi connectivity index (χ3n) is 4.51. The largest absolute Gasteiger partial charge is 0.486 e. The maximum atomic E-state index is 12.4. The summed E-state index contributed by atoms with van der Waals surface area (Å²) in [5, 5.41) is 6.20. The number of fused-ring (bicyclic) bond motifs is 1. The van der Waals surface area contributed by atoms with Gasteiger partial charge in [-0.2, -0.15) is 0 Å². The van der Waals surface area contributed by atoms with Crippen LogP contribution in [0.2, 0.25) is 0 Å². The molecule has 2 aromatic rings. The Morgan fingerprint density at radius 1 is 1.11 bits per heavy atom. The van der Waals surface area contributed by atoms with Crippen LogP contribution < -0.4 is 20.1 Å². The van der Waals surface area contributed by atoms with Crippen LogP contribution >= 0.6 is 24.8 Å². The number of piperidine rings is 1. The molecule has 1 aromatic carbocycles. The summed E-state index contributed by atoms with van der Waals surface area (Å²) < 4.78 is 11.2. The van der Waals surface area contributed by atoms with E-state index >= 15 is 0 Å². The third kappa shape index (κ3) is 5.03. The summed E-state index contributed by atoms with van der Waals surface area (Å²) in [6.07, 6.45) is 1.95. The number of aromatic nitrogens is 1. The van der Waals surface area contributed by atoms with E-state index in [1.807, 2.05) is 36.4 Å². The first-order valence-electron chi connectivity index (χ1n) is 8.68. The average Bonchev–Trinajstić information content (AvgIpc) is 2.68. The summed E-state index contributed by atoms with van der Waals surface area (Å²) in [5.74, 6) is 2.09. The number of nitrogens with one attached hydrogen (secondary N) is 2. The second kappa shape index (κ2) is 9.78. The quantitative estimate of drug-likeness (QED) is 0.810. The molecule has 0 bridgehead atoms. The van der Waals surface area contributed by atoms with Crippen LogP contribution in [0.3, 0.4) is 0 Å². The molecule has 8 heteroatoms. The van der Waals surface area contributed by atoms with E-state index in [9.17, 15) is 4.79 Å². The Morgan fingerprint density at radius 2 is 1.93 bits per heavy atom. The predicted octanol–water partition coefficient (Wildman–Crippen LogP) is 3.30. The lowest BCUT2D eigenvalue weighted by atomic mass is 9.99. The molecule has 2 aliphatic heterocycles. The Hall–Kier alpha value is -2.02. The molecule has 0 aliphatic carbocycles. The van der Waals surface area contributed by atoms with Crippen molar-refractivity contribution in [3.63, 3.8) is 0 Å². The van der Waals surface area contributed by atoms with Crippen molar-refractivity contribution in [2.24, 2.45) is 5.92 Å². The minimum atomic E-state index is 0. The number of benzene rings is 1. The topological polar surface area (TPSA) is 72.5 Å². The fourth-order valence-corrected chi connectivity index (χ4v) is 3.17. The van der Waals surface area contributed by atoms with Gasteiger partial charge in [-0.1, -0.05) is 6.07 Å². The van der Waals surface area contributed by atoms with E-state index in [4.69, 9.17) is 9.47 Å². The van der Waals surface area contributed by atoms with Gasteiger partial charge in [-0.25, -0.2) is 4.98 Å². The number of amides is 1. The number of ether oxygens (including phenoxy) is 2. The van der Waals surface area contributed by atoms with Crippen LogP contribution in [0.25, 0.3) is 11.3 Å². The first-order chi connectivity index (χ1) is 12.3. The second-order valence-electron chi connectivity index (χ2n) is 6.30. The van der Waals surface area contributed by atoms with Crippen molar-refractivity contribution < 1.29 is 14.3 Å². The highest BCUT2D eigenvalue weighted by Crippen LogP contribution is 2.34. The maximum absolute atomic E-state index is 12.4. The van der Waals surface area contributed by atoms with Gasteiger partial charge in [-0.15, -0.1) is 24.8 Å². The molecule has 3 heterocycles. The van der Waals surface area contributed by atoms with Crippen molar-refractivity contribution in [3.8, 4) is 22.8 Å². The zero-order valence-electron chi connectivity index (χ0n) is 14.8. The minimum absolute atomic E-state index is 0. The monoisotopic (exact) mass is 411 g/mol. The highest BCUT2D eigenvalue weighted by molar-refractivity contribution is 5.92. The van der Waals surface area contributed by atoms with E-state index in [0.29, 0.717) is 19.0 Å². The Bertz CT molecular complexity index is 783. The van der Waals surface area contributed by atoms with E-state index < -0.39 is 0 Å². The second-order valence-corrected chi connectivity index (χ2v) is 6.30. The molecule has 1 aromatic heterocycles. The number of pyridine rings is 1. The van der Waals surface area contributed by atoms with Crippen molar-refractivity contribution >= 4 is 36.5 Å². The SMILES string of the molecule is Cl.Cl.O=C(Nc1cccc(-c2ccc3c(c2)OCCO3)n1)C1CCCNC1. The molecule has 1 unspecified atom stereocenters. The summed E-state index contributed by atoms with van der Waals surface area (Å²) in [5.41, 5.74) is 1.72. The third-order valence-corrected chi connectivity index (χ3v) is 4.51. The van der Waals surface area contributed by atoms with Crippen molar-refractivity contribution in [3.05, 3.63) is 36.4 Å². The molecule has 4 rings (SSSR count). The van der Waals surface area contributed by atoms with E-state index in [-0.39, 0.29) is 36.6 Å². The Kier molecular flexibility index (Phi) is 7.71. The van der Waals surface area contributed by atoms with E-state index in [0.717, 1.165) is 48.7 Å². The molecule has 0 saturated carbocycles. The highest BCUT2D eigenvalue weighted by Gasteiger charge is 2.21. The molecule has 0 spiro atoms. The number of nitrogens with zero attached hydrogens (tertiary/aromatic N) is 1. The molecule has 2 N–H and O–H groups in total. The summed E-state index contributed by atoms with van der Waals surface area (Å²) in [6.45, 7) is 2.84.